The number of aliphatic carboxylic acids is 1. The fraction of sp³-hybridized carbons (Fsp3) is 0.139. The van der Waals surface area contributed by atoms with Gasteiger partial charge >= 0.3 is 5.97 Å². The maximum Gasteiger partial charge on any atom is 0.305 e. The molecule has 3 N–H and O–H groups in total. The molecule has 46 heavy (non-hydrogen) atoms. The van der Waals surface area contributed by atoms with E-state index in [4.69, 9.17) is 5.14 Å². The number of primary sulfonamides is 1. The van der Waals surface area contributed by atoms with Crippen LogP contribution in [0, 0.1) is 0 Å². The third-order valence-electron chi connectivity index (χ3n) is 7.84. The third kappa shape index (κ3) is 7.14. The van der Waals surface area contributed by atoms with E-state index in [9.17, 15) is 27.9 Å². The van der Waals surface area contributed by atoms with Crippen molar-refractivity contribution in [2.45, 2.75) is 17.7 Å². The van der Waals surface area contributed by atoms with Crippen LogP contribution in [-0.4, -0.2) is 56.3 Å². The van der Waals surface area contributed by atoms with Gasteiger partial charge in [-0.1, -0.05) is 84.9 Å². The number of hydrogen-bond donors (Lipinski definition) is 2. The van der Waals surface area contributed by atoms with Gasteiger partial charge in [-0.15, -0.1) is 0 Å². The molecule has 2 amide bonds. The number of nitrogens with two attached hydrogens (primary N) is 1. The molecule has 0 unspecified atom stereocenters. The van der Waals surface area contributed by atoms with Gasteiger partial charge in [-0.05, 0) is 58.8 Å². The van der Waals surface area contributed by atoms with Crippen molar-refractivity contribution in [1.82, 2.24) is 4.90 Å². The largest absolute Gasteiger partial charge is 0.481 e. The molecule has 10 heteroatoms. The number of fused-ring (bicyclic) bond motifs is 1. The first kappa shape index (κ1) is 32.1. The van der Waals surface area contributed by atoms with Gasteiger partial charge < -0.3 is 14.9 Å². The van der Waals surface area contributed by atoms with Crippen molar-refractivity contribution in [3.63, 3.8) is 0 Å². The highest BCUT2D eigenvalue weighted by molar-refractivity contribution is 7.89. The van der Waals surface area contributed by atoms with Crippen molar-refractivity contribution in [3.05, 3.63) is 132 Å². The molecule has 5 rings (SSSR count). The van der Waals surface area contributed by atoms with Crippen LogP contribution in [0.5, 0.6) is 0 Å². The van der Waals surface area contributed by atoms with E-state index in [0.717, 1.165) is 22.0 Å². The van der Waals surface area contributed by atoms with Crippen molar-refractivity contribution in [1.29, 1.82) is 0 Å². The average molecular weight is 636 g/mol. The van der Waals surface area contributed by atoms with E-state index < -0.39 is 16.0 Å². The maximum atomic E-state index is 14.1. The van der Waals surface area contributed by atoms with Crippen LogP contribution in [0.4, 0.5) is 5.69 Å². The highest BCUT2D eigenvalue weighted by Gasteiger charge is 2.24. The summed E-state index contributed by atoms with van der Waals surface area (Å²) in [4.78, 5) is 42.7. The van der Waals surface area contributed by atoms with Crippen LogP contribution in [0.3, 0.4) is 0 Å². The SMILES string of the molecule is CN(C(=O)c1ccccc1-c1ccccc1C(=O)N(CCC(=O)O)CCc1ccc(S(N)(=O)=O)cc1)c1cccc2ccccc12. The summed E-state index contributed by atoms with van der Waals surface area (Å²) in [5, 5.41) is 16.5. The second kappa shape index (κ2) is 13.8. The number of rotatable bonds is 11. The van der Waals surface area contributed by atoms with Gasteiger partial charge in [0.2, 0.25) is 10.0 Å². The monoisotopic (exact) mass is 635 g/mol. The smallest absolute Gasteiger partial charge is 0.305 e. The number of sulfonamides is 1. The number of anilines is 1. The van der Waals surface area contributed by atoms with Crippen molar-refractivity contribution < 1.29 is 27.9 Å². The number of benzene rings is 5. The fourth-order valence-electron chi connectivity index (χ4n) is 5.43. The summed E-state index contributed by atoms with van der Waals surface area (Å²) in [6, 6.07) is 33.7. The number of carboxylic acid groups (broad SMARTS) is 1. The van der Waals surface area contributed by atoms with Crippen LogP contribution in [-0.2, 0) is 21.2 Å². The molecule has 0 saturated carbocycles. The molecule has 0 atom stereocenters. The van der Waals surface area contributed by atoms with Crippen LogP contribution >= 0.6 is 0 Å². The molecule has 0 saturated heterocycles. The zero-order chi connectivity index (χ0) is 32.8. The summed E-state index contributed by atoms with van der Waals surface area (Å²) in [7, 11) is -2.12. The Bertz CT molecular complexity index is 2020. The van der Waals surface area contributed by atoms with Crippen LogP contribution in [0.1, 0.15) is 32.7 Å². The first-order chi connectivity index (χ1) is 22.0. The Hall–Kier alpha value is -5.32. The Kier molecular flexibility index (Phi) is 9.60. The summed E-state index contributed by atoms with van der Waals surface area (Å²) in [6.07, 6.45) is 0.0898. The number of carbonyl (C=O) groups is 3. The first-order valence-electron chi connectivity index (χ1n) is 14.6. The lowest BCUT2D eigenvalue weighted by atomic mass is 9.93. The molecule has 9 nitrogen and oxygen atoms in total. The average Bonchev–Trinajstić information content (AvgIpc) is 3.07. The summed E-state index contributed by atoms with van der Waals surface area (Å²) in [5.41, 5.74) is 3.34. The predicted octanol–water partition coefficient (Wildman–Crippen LogP) is 5.59. The molecule has 0 aromatic heterocycles. The molecule has 5 aromatic carbocycles. The lowest BCUT2D eigenvalue weighted by molar-refractivity contribution is -0.137. The zero-order valence-corrected chi connectivity index (χ0v) is 26.0. The Morgan fingerprint density at radius 3 is 1.89 bits per heavy atom. The topological polar surface area (TPSA) is 138 Å². The Labute approximate surface area is 267 Å². The second-order valence-electron chi connectivity index (χ2n) is 10.8. The van der Waals surface area contributed by atoms with E-state index >= 15 is 0 Å². The summed E-state index contributed by atoms with van der Waals surface area (Å²) in [5.74, 6) is -1.68. The summed E-state index contributed by atoms with van der Waals surface area (Å²) >= 11 is 0. The molecule has 0 aliphatic carbocycles. The molecule has 0 bridgehead atoms. The highest BCUT2D eigenvalue weighted by Crippen LogP contribution is 2.32. The Morgan fingerprint density at radius 2 is 1.26 bits per heavy atom. The van der Waals surface area contributed by atoms with E-state index in [0.29, 0.717) is 28.7 Å². The summed E-state index contributed by atoms with van der Waals surface area (Å²) in [6.45, 7) is 0.141. The van der Waals surface area contributed by atoms with Crippen LogP contribution in [0.2, 0.25) is 0 Å². The second-order valence-corrected chi connectivity index (χ2v) is 12.4. The summed E-state index contributed by atoms with van der Waals surface area (Å²) < 4.78 is 23.3. The van der Waals surface area contributed by atoms with E-state index in [1.807, 2.05) is 42.5 Å². The molecule has 0 radical (unpaired) electrons. The normalized spacial score (nSPS) is 11.3. The molecule has 234 valence electrons. The molecule has 0 fully saturated rings. The number of carboxylic acids is 1. The van der Waals surface area contributed by atoms with Crippen LogP contribution in [0.15, 0.2) is 120 Å². The van der Waals surface area contributed by atoms with E-state index in [1.54, 1.807) is 72.6 Å². The number of hydrogen-bond acceptors (Lipinski definition) is 5. The number of amides is 2. The number of nitrogens with zero attached hydrogens (tertiary/aromatic N) is 2. The molecule has 0 aliphatic heterocycles. The van der Waals surface area contributed by atoms with Crippen LogP contribution in [0.25, 0.3) is 21.9 Å². The van der Waals surface area contributed by atoms with Crippen LogP contribution < -0.4 is 10.0 Å². The maximum absolute atomic E-state index is 14.1. The van der Waals surface area contributed by atoms with Gasteiger partial charge in [-0.3, -0.25) is 14.4 Å². The van der Waals surface area contributed by atoms with Gasteiger partial charge in [0.15, 0.2) is 0 Å². The van der Waals surface area contributed by atoms with Gasteiger partial charge in [0.1, 0.15) is 0 Å². The molecular weight excluding hydrogens is 602 g/mol. The minimum absolute atomic E-state index is 0.0247. The Morgan fingerprint density at radius 1 is 0.696 bits per heavy atom. The standard InChI is InChI=1S/C36H33N3O6S/c1-38(33-16-8-10-26-9-2-3-11-28(26)33)35(42)31-14-6-4-12-29(31)30-13-5-7-15-32(30)36(43)39(24-22-34(40)41)23-21-25-17-19-27(20-18-25)46(37,44)45/h2-20H,21-24H2,1H3,(H,40,41)(H2,37,44,45). The number of carbonyl (C=O) groups excluding carboxylic acids is 2. The van der Waals surface area contributed by atoms with E-state index in [1.165, 1.54) is 17.0 Å². The van der Waals surface area contributed by atoms with E-state index in [-0.39, 0.29) is 36.2 Å². The quantitative estimate of drug-likeness (QED) is 0.194. The van der Waals surface area contributed by atoms with Crippen molar-refractivity contribution >= 4 is 44.3 Å². The Balaban J connectivity index is 1.46. The molecule has 5 aromatic rings. The van der Waals surface area contributed by atoms with Crippen molar-refractivity contribution in [2.24, 2.45) is 5.14 Å². The minimum Gasteiger partial charge on any atom is -0.481 e. The lowest BCUT2D eigenvalue weighted by Crippen LogP contribution is -2.35. The minimum atomic E-state index is -3.85. The van der Waals surface area contributed by atoms with Crippen molar-refractivity contribution in [3.8, 4) is 11.1 Å². The molecular formula is C36H33N3O6S. The van der Waals surface area contributed by atoms with Gasteiger partial charge in [0.05, 0.1) is 17.0 Å². The van der Waals surface area contributed by atoms with Gasteiger partial charge in [0.25, 0.3) is 11.8 Å². The van der Waals surface area contributed by atoms with Gasteiger partial charge in [0, 0.05) is 36.7 Å². The third-order valence-corrected chi connectivity index (χ3v) is 8.77. The lowest BCUT2D eigenvalue weighted by Gasteiger charge is -2.25. The van der Waals surface area contributed by atoms with Gasteiger partial charge in [-0.2, -0.15) is 0 Å². The molecule has 0 spiro atoms. The predicted molar refractivity (Wildman–Crippen MR) is 178 cm³/mol. The first-order valence-corrected chi connectivity index (χ1v) is 16.2. The van der Waals surface area contributed by atoms with Crippen molar-refractivity contribution in [2.75, 3.05) is 25.0 Å². The fourth-order valence-corrected chi connectivity index (χ4v) is 5.94. The van der Waals surface area contributed by atoms with E-state index in [2.05, 4.69) is 0 Å². The molecule has 0 heterocycles. The highest BCUT2D eigenvalue weighted by atomic mass is 32.2. The van der Waals surface area contributed by atoms with Gasteiger partial charge in [-0.25, -0.2) is 13.6 Å². The zero-order valence-electron chi connectivity index (χ0n) is 25.2. The molecule has 0 aliphatic rings.